The van der Waals surface area contributed by atoms with Gasteiger partial charge in [-0.3, -0.25) is 14.2 Å². The number of allylic oxidation sites excluding steroid dienone is 6. The van der Waals surface area contributed by atoms with E-state index in [2.05, 4.69) is 50.3 Å². The van der Waals surface area contributed by atoms with Gasteiger partial charge in [0.15, 0.2) is 6.10 Å². The van der Waals surface area contributed by atoms with Crippen LogP contribution in [0.2, 0.25) is 0 Å². The van der Waals surface area contributed by atoms with Crippen LogP contribution in [-0.2, 0) is 32.7 Å². The second-order valence-electron chi connectivity index (χ2n) is 24.2. The van der Waals surface area contributed by atoms with E-state index in [1.54, 1.807) is 0 Å². The van der Waals surface area contributed by atoms with Crippen molar-refractivity contribution in [2.24, 2.45) is 0 Å². The highest BCUT2D eigenvalue weighted by Gasteiger charge is 2.22. The number of hydrogen-bond donors (Lipinski definition) is 0. The number of phosphoric acid groups is 1. The lowest BCUT2D eigenvalue weighted by Crippen LogP contribution is -2.37. The number of likely N-dealkylation sites (N-methyl/N-ethyl adjacent to an activating group) is 1. The highest BCUT2D eigenvalue weighted by atomic mass is 31.2. The van der Waals surface area contributed by atoms with Gasteiger partial charge in [0.05, 0.1) is 27.7 Å². The molecule has 0 saturated carbocycles. The molecule has 0 amide bonds. The second-order valence-corrected chi connectivity index (χ2v) is 25.6. The maximum absolute atomic E-state index is 12.8. The van der Waals surface area contributed by atoms with Gasteiger partial charge in [-0.25, -0.2) is 0 Å². The molecule has 460 valence electrons. The van der Waals surface area contributed by atoms with Gasteiger partial charge in [-0.1, -0.05) is 288 Å². The summed E-state index contributed by atoms with van der Waals surface area (Å²) in [6.07, 6.45) is 75.3. The zero-order chi connectivity index (χ0) is 57.0. The molecule has 10 heteroatoms. The number of nitrogens with zero attached hydrogens (tertiary/aromatic N) is 1. The highest BCUT2D eigenvalue weighted by molar-refractivity contribution is 7.45. The molecule has 0 aliphatic carbocycles. The molecule has 0 saturated heterocycles. The Morgan fingerprint density at radius 1 is 0.397 bits per heavy atom. The lowest BCUT2D eigenvalue weighted by atomic mass is 10.0. The molecule has 2 unspecified atom stereocenters. The van der Waals surface area contributed by atoms with E-state index in [1.807, 2.05) is 21.1 Å². The third kappa shape index (κ3) is 63.4. The van der Waals surface area contributed by atoms with Gasteiger partial charge in [0.25, 0.3) is 7.82 Å². The Kier molecular flexibility index (Phi) is 58.5. The first-order valence-corrected chi connectivity index (χ1v) is 35.2. The second kappa shape index (κ2) is 59.8. The molecule has 0 heterocycles. The van der Waals surface area contributed by atoms with Crippen LogP contribution in [0.3, 0.4) is 0 Å². The number of unbranched alkanes of at least 4 members (excludes halogenated alkanes) is 43. The molecule has 0 spiro atoms. The summed E-state index contributed by atoms with van der Waals surface area (Å²) in [5, 5.41) is 0. The highest BCUT2D eigenvalue weighted by Crippen LogP contribution is 2.38. The monoisotopic (exact) mass is 1120 g/mol. The van der Waals surface area contributed by atoms with Crippen molar-refractivity contribution in [1.29, 1.82) is 0 Å². The average molecular weight is 1120 g/mol. The average Bonchev–Trinajstić information content (AvgIpc) is 3.41. The molecule has 0 aliphatic heterocycles. The Morgan fingerprint density at radius 2 is 0.692 bits per heavy atom. The maximum Gasteiger partial charge on any atom is 0.306 e. The topological polar surface area (TPSA) is 111 Å². The zero-order valence-electron chi connectivity index (χ0n) is 52.4. The largest absolute Gasteiger partial charge is 0.756 e. The molecule has 9 nitrogen and oxygen atoms in total. The molecule has 78 heavy (non-hydrogen) atoms. The number of carbonyl (C=O) groups excluding carboxylic acids is 2. The van der Waals surface area contributed by atoms with Crippen LogP contribution in [0.15, 0.2) is 36.5 Å². The summed E-state index contributed by atoms with van der Waals surface area (Å²) in [4.78, 5) is 37.9. The van der Waals surface area contributed by atoms with Crippen LogP contribution in [0.25, 0.3) is 0 Å². The summed E-state index contributed by atoms with van der Waals surface area (Å²) in [6.45, 7) is 4.26. The molecular weight excluding hydrogens is 990 g/mol. The van der Waals surface area contributed by atoms with E-state index in [1.165, 1.54) is 244 Å². The predicted molar refractivity (Wildman–Crippen MR) is 333 cm³/mol. The molecular formula is C68H130NO8P. The SMILES string of the molecule is CCCCCCC/C=C\C/C=C\CCCCCCCCCCCCCCCCCCCCCCCCCCCCCC(=O)OC(COC(=O)CCCCCCC/C=C\CCCCCCCC)COP(=O)([O-])OCC[N+](C)(C)C. The first-order valence-electron chi connectivity index (χ1n) is 33.7. The van der Waals surface area contributed by atoms with Crippen molar-refractivity contribution >= 4 is 19.8 Å². The van der Waals surface area contributed by atoms with E-state index >= 15 is 0 Å². The van der Waals surface area contributed by atoms with E-state index in [0.29, 0.717) is 17.4 Å². The van der Waals surface area contributed by atoms with E-state index in [9.17, 15) is 19.0 Å². The van der Waals surface area contributed by atoms with Gasteiger partial charge >= 0.3 is 11.9 Å². The molecule has 0 aromatic heterocycles. The Morgan fingerprint density at radius 3 is 1.03 bits per heavy atom. The molecule has 0 aromatic carbocycles. The van der Waals surface area contributed by atoms with Gasteiger partial charge in [0.1, 0.15) is 19.8 Å². The van der Waals surface area contributed by atoms with Crippen molar-refractivity contribution in [1.82, 2.24) is 0 Å². The van der Waals surface area contributed by atoms with Crippen molar-refractivity contribution in [3.8, 4) is 0 Å². The van der Waals surface area contributed by atoms with Crippen LogP contribution < -0.4 is 4.89 Å². The van der Waals surface area contributed by atoms with Crippen molar-refractivity contribution in [2.45, 2.75) is 341 Å². The molecule has 0 bridgehead atoms. The smallest absolute Gasteiger partial charge is 0.306 e. The van der Waals surface area contributed by atoms with E-state index in [0.717, 1.165) is 57.8 Å². The maximum atomic E-state index is 12.8. The zero-order valence-corrected chi connectivity index (χ0v) is 53.3. The molecule has 0 aliphatic rings. The summed E-state index contributed by atoms with van der Waals surface area (Å²) >= 11 is 0. The molecule has 0 radical (unpaired) electrons. The van der Waals surface area contributed by atoms with Gasteiger partial charge in [0, 0.05) is 12.8 Å². The number of hydrogen-bond acceptors (Lipinski definition) is 8. The van der Waals surface area contributed by atoms with Gasteiger partial charge in [0.2, 0.25) is 0 Å². The fourth-order valence-corrected chi connectivity index (χ4v) is 10.6. The summed E-state index contributed by atoms with van der Waals surface area (Å²) in [5.74, 6) is -0.827. The standard InChI is InChI=1S/C68H130NO8P/c1-6-8-10-12-14-16-18-20-22-23-24-25-26-27-28-29-30-31-32-33-34-35-36-37-38-39-40-41-42-43-44-45-47-49-51-53-55-57-59-61-68(71)77-66(65-76-78(72,73)75-63-62-69(3,4)5)64-74-67(70)60-58-56-54-52-50-48-46-21-19-17-15-13-11-9-7-2/h18,20-21,23-24,46,66H,6-17,19,22,25-45,47-65H2,1-5H3/b20-18-,24-23-,46-21-. The lowest BCUT2D eigenvalue weighted by Gasteiger charge is -2.28. The first kappa shape index (κ1) is 76.2. The van der Waals surface area contributed by atoms with Crippen molar-refractivity contribution < 1.29 is 42.1 Å². The summed E-state index contributed by atoms with van der Waals surface area (Å²) in [7, 11) is 1.18. The fourth-order valence-electron chi connectivity index (χ4n) is 9.92. The lowest BCUT2D eigenvalue weighted by molar-refractivity contribution is -0.870. The third-order valence-corrected chi connectivity index (χ3v) is 16.1. The van der Waals surface area contributed by atoms with Gasteiger partial charge < -0.3 is 27.9 Å². The van der Waals surface area contributed by atoms with Crippen LogP contribution in [0, 0.1) is 0 Å². The van der Waals surface area contributed by atoms with E-state index in [4.69, 9.17) is 18.5 Å². The Balaban J connectivity index is 3.88. The normalized spacial score (nSPS) is 13.4. The quantitative estimate of drug-likeness (QED) is 0.0195. The molecule has 0 fully saturated rings. The van der Waals surface area contributed by atoms with Crippen molar-refractivity contribution in [2.75, 3.05) is 47.5 Å². The number of quaternary nitrogens is 1. The minimum Gasteiger partial charge on any atom is -0.756 e. The first-order chi connectivity index (χ1) is 38.0. The minimum atomic E-state index is -4.63. The Bertz CT molecular complexity index is 1410. The van der Waals surface area contributed by atoms with E-state index < -0.39 is 26.5 Å². The van der Waals surface area contributed by atoms with Crippen LogP contribution in [0.1, 0.15) is 335 Å². The number of rotatable bonds is 63. The Hall–Kier alpha value is -1.77. The minimum absolute atomic E-state index is 0.0296. The van der Waals surface area contributed by atoms with Crippen molar-refractivity contribution in [3.63, 3.8) is 0 Å². The number of ether oxygens (including phenoxy) is 2. The third-order valence-electron chi connectivity index (χ3n) is 15.1. The summed E-state index contributed by atoms with van der Waals surface area (Å²) < 4.78 is 34.2. The fraction of sp³-hybridized carbons (Fsp3) is 0.882. The van der Waals surface area contributed by atoms with Gasteiger partial charge in [-0.2, -0.15) is 0 Å². The van der Waals surface area contributed by atoms with Crippen LogP contribution in [-0.4, -0.2) is 70.0 Å². The van der Waals surface area contributed by atoms with Crippen LogP contribution in [0.5, 0.6) is 0 Å². The van der Waals surface area contributed by atoms with Crippen LogP contribution >= 0.6 is 7.82 Å². The molecule has 0 aromatic rings. The number of carbonyl (C=O) groups is 2. The van der Waals surface area contributed by atoms with Gasteiger partial charge in [-0.15, -0.1) is 0 Å². The summed E-state index contributed by atoms with van der Waals surface area (Å²) in [5.41, 5.74) is 0. The van der Waals surface area contributed by atoms with Gasteiger partial charge in [-0.05, 0) is 70.6 Å². The van der Waals surface area contributed by atoms with E-state index in [-0.39, 0.29) is 32.0 Å². The molecule has 2 atom stereocenters. The summed E-state index contributed by atoms with van der Waals surface area (Å²) in [6, 6.07) is 0. The molecule has 0 rings (SSSR count). The van der Waals surface area contributed by atoms with Crippen molar-refractivity contribution in [3.05, 3.63) is 36.5 Å². The Labute approximate surface area is 484 Å². The molecule has 0 N–H and O–H groups in total. The predicted octanol–water partition coefficient (Wildman–Crippen LogP) is 20.9. The number of esters is 2. The van der Waals surface area contributed by atoms with Crippen LogP contribution in [0.4, 0.5) is 0 Å². The number of phosphoric ester groups is 1.